The van der Waals surface area contributed by atoms with Gasteiger partial charge >= 0.3 is 0 Å². The monoisotopic (exact) mass is 250 g/mol. The van der Waals surface area contributed by atoms with Crippen LogP contribution in [0.25, 0.3) is 6.08 Å². The molecule has 0 saturated carbocycles. The summed E-state index contributed by atoms with van der Waals surface area (Å²) >= 11 is 0. The predicted molar refractivity (Wildman–Crippen MR) is 78.7 cm³/mol. The van der Waals surface area contributed by atoms with Gasteiger partial charge in [-0.05, 0) is 68.0 Å². The highest BCUT2D eigenvalue weighted by molar-refractivity contribution is 6.41. The maximum Gasteiger partial charge on any atom is 0.170 e. The van der Waals surface area contributed by atoms with Gasteiger partial charge in [0.05, 0.1) is 0 Å². The molecule has 0 aromatic heterocycles. The Morgan fingerprint density at radius 3 is 1.75 bits per heavy atom. The van der Waals surface area contributed by atoms with Gasteiger partial charge in [0.2, 0.25) is 0 Å². The fourth-order valence-corrected chi connectivity index (χ4v) is 3.14. The summed E-state index contributed by atoms with van der Waals surface area (Å²) in [4.78, 5) is 0. The van der Waals surface area contributed by atoms with Crippen molar-refractivity contribution in [3.05, 3.63) is 39.1 Å². The van der Waals surface area contributed by atoms with Crippen LogP contribution >= 0.6 is 0 Å². The summed E-state index contributed by atoms with van der Waals surface area (Å²) in [5.74, 6) is 0. The van der Waals surface area contributed by atoms with Crippen molar-refractivity contribution in [2.75, 3.05) is 0 Å². The first-order valence-corrected chi connectivity index (χ1v) is 7.94. The molecule has 0 atom stereocenters. The highest BCUT2D eigenvalue weighted by atomic mass is 28.3. The standard InChI is InChI=1S/C13H22OSi2/c1-8-9(2)11(4)13(6-7-16-14-15)12(5)10(8)3/h6-7H,16H2,1-5,15H3. The second kappa shape index (κ2) is 5.61. The van der Waals surface area contributed by atoms with Gasteiger partial charge in [-0.3, -0.25) is 0 Å². The third-order valence-electron chi connectivity index (χ3n) is 3.61. The first-order valence-electron chi connectivity index (χ1n) is 5.73. The van der Waals surface area contributed by atoms with E-state index in [4.69, 9.17) is 4.12 Å². The minimum atomic E-state index is -0.407. The van der Waals surface area contributed by atoms with Crippen molar-refractivity contribution >= 4 is 26.3 Å². The molecule has 0 saturated heterocycles. The summed E-state index contributed by atoms with van der Waals surface area (Å²) in [6.07, 6.45) is 2.26. The minimum absolute atomic E-state index is 0.407. The smallest absolute Gasteiger partial charge is 0.170 e. The highest BCUT2D eigenvalue weighted by Crippen LogP contribution is 2.26. The molecule has 0 aliphatic carbocycles. The molecule has 3 heteroatoms. The van der Waals surface area contributed by atoms with Crippen LogP contribution in [0.3, 0.4) is 0 Å². The van der Waals surface area contributed by atoms with Gasteiger partial charge in [-0.2, -0.15) is 0 Å². The van der Waals surface area contributed by atoms with E-state index >= 15 is 0 Å². The van der Waals surface area contributed by atoms with E-state index in [9.17, 15) is 0 Å². The zero-order valence-electron chi connectivity index (χ0n) is 11.3. The van der Waals surface area contributed by atoms with Crippen molar-refractivity contribution < 1.29 is 4.12 Å². The Balaban J connectivity index is 3.29. The van der Waals surface area contributed by atoms with Crippen molar-refractivity contribution in [2.45, 2.75) is 34.6 Å². The zero-order valence-corrected chi connectivity index (χ0v) is 14.7. The number of hydrogen-bond acceptors (Lipinski definition) is 1. The van der Waals surface area contributed by atoms with E-state index in [1.807, 2.05) is 0 Å². The molecule has 0 spiro atoms. The molecule has 0 aliphatic rings. The van der Waals surface area contributed by atoms with Crippen LogP contribution < -0.4 is 0 Å². The molecule has 88 valence electrons. The lowest BCUT2D eigenvalue weighted by Gasteiger charge is -2.16. The van der Waals surface area contributed by atoms with Gasteiger partial charge in [0, 0.05) is 0 Å². The van der Waals surface area contributed by atoms with Gasteiger partial charge in [-0.25, -0.2) is 0 Å². The van der Waals surface area contributed by atoms with Crippen LogP contribution in [0.4, 0.5) is 0 Å². The third kappa shape index (κ3) is 2.54. The lowest BCUT2D eigenvalue weighted by Crippen LogP contribution is -1.99. The fourth-order valence-electron chi connectivity index (χ4n) is 2.04. The van der Waals surface area contributed by atoms with Crippen molar-refractivity contribution in [3.63, 3.8) is 0 Å². The molecule has 0 amide bonds. The molecule has 16 heavy (non-hydrogen) atoms. The Labute approximate surface area is 104 Å². The van der Waals surface area contributed by atoms with E-state index in [-0.39, 0.29) is 0 Å². The van der Waals surface area contributed by atoms with Crippen LogP contribution in [-0.2, 0) is 4.12 Å². The molecule has 1 aromatic rings. The molecule has 0 radical (unpaired) electrons. The van der Waals surface area contributed by atoms with Crippen LogP contribution in [0, 0.1) is 34.6 Å². The average molecular weight is 250 g/mol. The average Bonchev–Trinajstić information content (AvgIpc) is 2.28. The Kier molecular flexibility index (Phi) is 4.71. The minimum Gasteiger partial charge on any atom is -0.465 e. The molecule has 0 N–H and O–H groups in total. The van der Waals surface area contributed by atoms with Crippen LogP contribution in [-0.4, -0.2) is 20.2 Å². The summed E-state index contributed by atoms with van der Waals surface area (Å²) in [6.45, 7) is 11.1. The van der Waals surface area contributed by atoms with Gasteiger partial charge in [0.1, 0.15) is 10.5 Å². The maximum atomic E-state index is 5.32. The third-order valence-corrected chi connectivity index (χ3v) is 5.37. The predicted octanol–water partition coefficient (Wildman–Crippen LogP) is 1.58. The Hall–Kier alpha value is -0.646. The first-order chi connectivity index (χ1) is 7.50. The van der Waals surface area contributed by atoms with Gasteiger partial charge < -0.3 is 4.12 Å². The molecule has 0 heterocycles. The molecular weight excluding hydrogens is 228 g/mol. The topological polar surface area (TPSA) is 9.23 Å². The van der Waals surface area contributed by atoms with Crippen LogP contribution in [0.2, 0.25) is 0 Å². The maximum absolute atomic E-state index is 5.32. The Morgan fingerprint density at radius 2 is 1.31 bits per heavy atom. The quantitative estimate of drug-likeness (QED) is 0.740. The molecule has 0 aliphatic heterocycles. The SMILES string of the molecule is Cc1c(C)c(C)c(C=C[SiH2]O[SiH3])c(C)c1C. The van der Waals surface area contributed by atoms with Gasteiger partial charge in [-0.15, -0.1) is 0 Å². The van der Waals surface area contributed by atoms with E-state index in [1.54, 1.807) is 0 Å². The highest BCUT2D eigenvalue weighted by Gasteiger charge is 2.09. The van der Waals surface area contributed by atoms with Crippen molar-refractivity contribution in [1.82, 2.24) is 0 Å². The van der Waals surface area contributed by atoms with E-state index in [0.29, 0.717) is 0 Å². The van der Waals surface area contributed by atoms with E-state index in [0.717, 1.165) is 10.5 Å². The summed E-state index contributed by atoms with van der Waals surface area (Å²) in [5, 5.41) is 0. The van der Waals surface area contributed by atoms with E-state index in [2.05, 4.69) is 46.4 Å². The normalized spacial score (nSPS) is 12.3. The van der Waals surface area contributed by atoms with Gasteiger partial charge in [-0.1, -0.05) is 11.8 Å². The summed E-state index contributed by atoms with van der Waals surface area (Å²) < 4.78 is 5.32. The molecule has 0 fully saturated rings. The van der Waals surface area contributed by atoms with Crippen molar-refractivity contribution in [1.29, 1.82) is 0 Å². The zero-order chi connectivity index (χ0) is 12.3. The molecule has 1 aromatic carbocycles. The van der Waals surface area contributed by atoms with E-state index in [1.165, 1.54) is 33.4 Å². The van der Waals surface area contributed by atoms with Crippen molar-refractivity contribution in [2.24, 2.45) is 0 Å². The van der Waals surface area contributed by atoms with Crippen LogP contribution in [0.15, 0.2) is 5.70 Å². The molecule has 1 rings (SSSR count). The Morgan fingerprint density at radius 1 is 0.875 bits per heavy atom. The number of benzene rings is 1. The molecule has 0 unspecified atom stereocenters. The second-order valence-electron chi connectivity index (χ2n) is 4.40. The fraction of sp³-hybridized carbons (Fsp3) is 0.385. The van der Waals surface area contributed by atoms with Gasteiger partial charge in [0.25, 0.3) is 0 Å². The van der Waals surface area contributed by atoms with Gasteiger partial charge in [0.15, 0.2) is 9.76 Å². The number of rotatable bonds is 3. The van der Waals surface area contributed by atoms with Crippen LogP contribution in [0.5, 0.6) is 0 Å². The molecular formula is C13H22OSi2. The second-order valence-corrected chi connectivity index (χ2v) is 7.51. The Bertz CT molecular complexity index is 393. The number of hydrogen-bond donors (Lipinski definition) is 0. The van der Waals surface area contributed by atoms with Crippen LogP contribution in [0.1, 0.15) is 33.4 Å². The summed E-state index contributed by atoms with van der Waals surface area (Å²) in [6, 6.07) is 0. The largest absolute Gasteiger partial charge is 0.465 e. The molecule has 0 bridgehead atoms. The summed E-state index contributed by atoms with van der Waals surface area (Å²) in [5.41, 5.74) is 10.8. The van der Waals surface area contributed by atoms with E-state index < -0.39 is 9.76 Å². The lowest BCUT2D eigenvalue weighted by molar-refractivity contribution is 0.676. The summed E-state index contributed by atoms with van der Waals surface area (Å²) in [7, 11) is 0.460. The lowest BCUT2D eigenvalue weighted by atomic mass is 9.90. The molecule has 1 nitrogen and oxygen atoms in total. The first kappa shape index (κ1) is 13.4. The van der Waals surface area contributed by atoms with Crippen molar-refractivity contribution in [3.8, 4) is 0 Å².